The Morgan fingerprint density at radius 3 is 2.33 bits per heavy atom. The van der Waals surface area contributed by atoms with Crippen LogP contribution in [-0.2, 0) is 0 Å². The van der Waals surface area contributed by atoms with E-state index in [1.165, 1.54) is 0 Å². The average Bonchev–Trinajstić information content (AvgIpc) is 1.81. The molecule has 0 aliphatic carbocycles. The van der Waals surface area contributed by atoms with E-state index in [1.807, 2.05) is 6.92 Å². The van der Waals surface area contributed by atoms with Crippen molar-refractivity contribution in [1.29, 1.82) is 0 Å². The molecule has 0 radical (unpaired) electrons. The molecule has 72 valence electrons. The molecule has 0 spiro atoms. The van der Waals surface area contributed by atoms with Crippen LogP contribution in [0.3, 0.4) is 0 Å². The van der Waals surface area contributed by atoms with Crippen LogP contribution in [0, 0.1) is 0 Å². The number of hydrogen-bond donors (Lipinski definition) is 1. The number of halogens is 3. The Bertz CT molecular complexity index is 149. The monoisotopic (exact) mass is 181 g/mol. The lowest BCUT2D eigenvalue weighted by Crippen LogP contribution is -2.54. The fourth-order valence-corrected chi connectivity index (χ4v) is 1.44. The Labute approximate surface area is 70.3 Å². The predicted molar refractivity (Wildman–Crippen MR) is 40.9 cm³/mol. The van der Waals surface area contributed by atoms with Gasteiger partial charge < -0.3 is 5.32 Å². The van der Waals surface area contributed by atoms with E-state index in [9.17, 15) is 13.2 Å². The maximum absolute atomic E-state index is 11.7. The highest BCUT2D eigenvalue weighted by Crippen LogP contribution is 2.28. The van der Waals surface area contributed by atoms with Gasteiger partial charge in [0.2, 0.25) is 0 Å². The molecular formula is C8H14F3N. The number of rotatable bonds is 3. The lowest BCUT2D eigenvalue weighted by Gasteiger charge is -2.40. The summed E-state index contributed by atoms with van der Waals surface area (Å²) in [6.07, 6.45) is -2.76. The van der Waals surface area contributed by atoms with Gasteiger partial charge in [0.1, 0.15) is 0 Å². The molecule has 1 atom stereocenters. The van der Waals surface area contributed by atoms with E-state index in [0.29, 0.717) is 6.42 Å². The molecular weight excluding hydrogens is 167 g/mol. The Balaban J connectivity index is 2.10. The van der Waals surface area contributed by atoms with Crippen LogP contribution in [-0.4, -0.2) is 18.3 Å². The second-order valence-corrected chi connectivity index (χ2v) is 3.71. The van der Waals surface area contributed by atoms with Crippen LogP contribution >= 0.6 is 0 Å². The minimum atomic E-state index is -3.99. The molecule has 1 saturated heterocycles. The molecule has 1 N–H and O–H groups in total. The summed E-state index contributed by atoms with van der Waals surface area (Å²) in [6, 6.07) is 0. The first-order chi connectivity index (χ1) is 5.41. The molecule has 1 rings (SSSR count). The molecule has 1 aliphatic rings. The van der Waals surface area contributed by atoms with E-state index in [2.05, 4.69) is 5.32 Å². The summed E-state index contributed by atoms with van der Waals surface area (Å²) in [7, 11) is 0. The predicted octanol–water partition coefficient (Wildman–Crippen LogP) is 2.47. The minimum Gasteiger partial charge on any atom is -0.311 e. The van der Waals surface area contributed by atoms with Gasteiger partial charge >= 0.3 is 6.18 Å². The maximum atomic E-state index is 11.7. The molecule has 1 fully saturated rings. The molecule has 0 saturated carbocycles. The van der Waals surface area contributed by atoms with Crippen molar-refractivity contribution in [3.8, 4) is 0 Å². The Hall–Kier alpha value is -0.250. The van der Waals surface area contributed by atoms with Gasteiger partial charge in [0.25, 0.3) is 0 Å². The van der Waals surface area contributed by atoms with Gasteiger partial charge in [-0.2, -0.15) is 13.2 Å². The molecule has 1 aliphatic heterocycles. The van der Waals surface area contributed by atoms with Crippen molar-refractivity contribution >= 4 is 0 Å². The van der Waals surface area contributed by atoms with Crippen molar-refractivity contribution in [3.05, 3.63) is 0 Å². The second kappa shape index (κ2) is 3.24. The van der Waals surface area contributed by atoms with Gasteiger partial charge in [0.15, 0.2) is 0 Å². The van der Waals surface area contributed by atoms with Crippen LogP contribution in [0.1, 0.15) is 32.6 Å². The smallest absolute Gasteiger partial charge is 0.311 e. The summed E-state index contributed by atoms with van der Waals surface area (Å²) in [5.74, 6) is 0. The van der Waals surface area contributed by atoms with Crippen LogP contribution in [0.15, 0.2) is 0 Å². The Kier molecular flexibility index (Phi) is 2.66. The summed E-state index contributed by atoms with van der Waals surface area (Å²) in [5, 5.41) is 3.14. The van der Waals surface area contributed by atoms with E-state index >= 15 is 0 Å². The second-order valence-electron chi connectivity index (χ2n) is 3.71. The minimum absolute atomic E-state index is 0.00868. The number of alkyl halides is 3. The highest BCUT2D eigenvalue weighted by atomic mass is 19.4. The molecule has 0 bridgehead atoms. The van der Waals surface area contributed by atoms with E-state index in [4.69, 9.17) is 0 Å². The van der Waals surface area contributed by atoms with Crippen molar-refractivity contribution < 1.29 is 13.2 Å². The number of nitrogens with one attached hydrogen (secondary N) is 1. The highest BCUT2D eigenvalue weighted by molar-refractivity contribution is 4.91. The van der Waals surface area contributed by atoms with Gasteiger partial charge in [-0.05, 0) is 32.7 Å². The Morgan fingerprint density at radius 2 is 2.00 bits per heavy atom. The van der Waals surface area contributed by atoms with Crippen molar-refractivity contribution in [2.75, 3.05) is 6.54 Å². The Morgan fingerprint density at radius 1 is 1.42 bits per heavy atom. The van der Waals surface area contributed by atoms with E-state index in [1.54, 1.807) is 0 Å². The quantitative estimate of drug-likeness (QED) is 0.705. The van der Waals surface area contributed by atoms with Crippen LogP contribution < -0.4 is 5.32 Å². The molecule has 0 aromatic heterocycles. The topological polar surface area (TPSA) is 12.0 Å². The SMILES string of the molecule is CC1(CCCC(F)(F)F)CCN1. The molecule has 1 nitrogen and oxygen atoms in total. The third kappa shape index (κ3) is 3.01. The van der Waals surface area contributed by atoms with Crippen molar-refractivity contribution in [2.24, 2.45) is 0 Å². The summed E-state index contributed by atoms with van der Waals surface area (Å²) in [5.41, 5.74) is -0.00868. The first kappa shape index (κ1) is 9.84. The van der Waals surface area contributed by atoms with Crippen molar-refractivity contribution in [2.45, 2.75) is 44.3 Å². The van der Waals surface area contributed by atoms with E-state index < -0.39 is 12.6 Å². The van der Waals surface area contributed by atoms with Gasteiger partial charge in [0.05, 0.1) is 0 Å². The molecule has 0 aromatic carbocycles. The van der Waals surface area contributed by atoms with Crippen molar-refractivity contribution in [1.82, 2.24) is 5.32 Å². The highest BCUT2D eigenvalue weighted by Gasteiger charge is 2.33. The summed E-state index contributed by atoms with van der Waals surface area (Å²) >= 11 is 0. The van der Waals surface area contributed by atoms with Gasteiger partial charge in [-0.1, -0.05) is 0 Å². The van der Waals surface area contributed by atoms with Crippen molar-refractivity contribution in [3.63, 3.8) is 0 Å². The largest absolute Gasteiger partial charge is 0.389 e. The lowest BCUT2D eigenvalue weighted by molar-refractivity contribution is -0.136. The van der Waals surface area contributed by atoms with Gasteiger partial charge in [-0.15, -0.1) is 0 Å². The summed E-state index contributed by atoms with van der Waals surface area (Å²) < 4.78 is 35.2. The fourth-order valence-electron chi connectivity index (χ4n) is 1.44. The normalized spacial score (nSPS) is 30.0. The molecule has 4 heteroatoms. The molecule has 0 aromatic rings. The zero-order valence-corrected chi connectivity index (χ0v) is 7.17. The molecule has 12 heavy (non-hydrogen) atoms. The van der Waals surface area contributed by atoms with Crippen LogP contribution in [0.25, 0.3) is 0 Å². The van der Waals surface area contributed by atoms with Gasteiger partial charge in [-0.25, -0.2) is 0 Å². The first-order valence-electron chi connectivity index (χ1n) is 4.23. The fraction of sp³-hybridized carbons (Fsp3) is 1.00. The first-order valence-corrected chi connectivity index (χ1v) is 4.23. The van der Waals surface area contributed by atoms with E-state index in [-0.39, 0.29) is 12.0 Å². The van der Waals surface area contributed by atoms with Crippen LogP contribution in [0.5, 0.6) is 0 Å². The summed E-state index contributed by atoms with van der Waals surface area (Å²) in [6.45, 7) is 2.93. The maximum Gasteiger partial charge on any atom is 0.389 e. The van der Waals surface area contributed by atoms with Gasteiger partial charge in [0, 0.05) is 12.0 Å². The third-order valence-corrected chi connectivity index (χ3v) is 2.42. The number of hydrogen-bond acceptors (Lipinski definition) is 1. The van der Waals surface area contributed by atoms with E-state index in [0.717, 1.165) is 13.0 Å². The molecule has 1 heterocycles. The lowest BCUT2D eigenvalue weighted by atomic mass is 9.85. The standard InChI is InChI=1S/C8H14F3N/c1-7(5-6-12-7)3-2-4-8(9,10)11/h12H,2-6H2,1H3. The average molecular weight is 181 g/mol. The molecule has 1 unspecified atom stereocenters. The van der Waals surface area contributed by atoms with Gasteiger partial charge in [-0.3, -0.25) is 0 Å². The van der Waals surface area contributed by atoms with Crippen LogP contribution in [0.2, 0.25) is 0 Å². The van der Waals surface area contributed by atoms with Crippen LogP contribution in [0.4, 0.5) is 13.2 Å². The third-order valence-electron chi connectivity index (χ3n) is 2.42. The molecule has 0 amide bonds. The zero-order valence-electron chi connectivity index (χ0n) is 7.17. The zero-order chi connectivity index (χ0) is 9.24. The summed E-state index contributed by atoms with van der Waals surface area (Å²) in [4.78, 5) is 0.